The monoisotopic (exact) mass is 576 g/mol. The number of carboxylic acids is 1. The topological polar surface area (TPSA) is 150 Å². The Hall–Kier alpha value is -4.84. The van der Waals surface area contributed by atoms with Crippen molar-refractivity contribution in [3.05, 3.63) is 97.2 Å². The number of aromatic nitrogens is 2. The molecule has 0 saturated heterocycles. The number of para-hydroxylation sites is 2. The van der Waals surface area contributed by atoms with Gasteiger partial charge in [-0.3, -0.25) is 14.9 Å². The van der Waals surface area contributed by atoms with Crippen molar-refractivity contribution in [2.24, 2.45) is 5.10 Å². The number of hydrogen-bond donors (Lipinski definition) is 1. The highest BCUT2D eigenvalue weighted by molar-refractivity contribution is 9.10. The molecule has 0 aliphatic rings. The second kappa shape index (κ2) is 9.90. The number of nitro groups is 1. The maximum atomic E-state index is 13.5. The predicted molar refractivity (Wildman–Crippen MR) is 143 cm³/mol. The number of nitro benzene ring substituents is 1. The molecule has 0 aliphatic heterocycles. The summed E-state index contributed by atoms with van der Waals surface area (Å²) in [6, 6.07) is 18.4. The van der Waals surface area contributed by atoms with Gasteiger partial charge >= 0.3 is 11.7 Å². The van der Waals surface area contributed by atoms with Crippen LogP contribution in [0.5, 0.6) is 5.75 Å². The first-order valence-electron chi connectivity index (χ1n) is 11.2. The quantitative estimate of drug-likeness (QED) is 0.157. The van der Waals surface area contributed by atoms with E-state index in [4.69, 9.17) is 9.15 Å². The molecule has 5 aromatic rings. The van der Waals surface area contributed by atoms with E-state index in [1.165, 1.54) is 25.3 Å². The number of benzene rings is 3. The summed E-state index contributed by atoms with van der Waals surface area (Å²) >= 11 is 3.22. The van der Waals surface area contributed by atoms with Gasteiger partial charge < -0.3 is 14.3 Å². The standard InChI is InChI=1S/C26H17BrN4O7/c1-14(26(33)34)37-23-16(10-17(27)12-20(23)31(35)36)13-28-30-24(22-11-15-6-2-5-9-21(15)38-22)29-19-8-4-3-7-18(19)25(30)32/h2-14H,1H3,(H,33,34)/t14-/m0/s1. The molecule has 11 nitrogen and oxygen atoms in total. The van der Waals surface area contributed by atoms with Crippen molar-refractivity contribution in [3.63, 3.8) is 0 Å². The summed E-state index contributed by atoms with van der Waals surface area (Å²) in [6.07, 6.45) is -0.218. The fourth-order valence-corrected chi connectivity index (χ4v) is 4.25. The molecule has 0 bridgehead atoms. The first kappa shape index (κ1) is 24.8. The summed E-state index contributed by atoms with van der Waals surface area (Å²) in [5.74, 6) is -1.24. The van der Waals surface area contributed by atoms with Crippen molar-refractivity contribution in [1.29, 1.82) is 0 Å². The van der Waals surface area contributed by atoms with Crippen LogP contribution in [-0.2, 0) is 4.79 Å². The average molecular weight is 577 g/mol. The van der Waals surface area contributed by atoms with Crippen LogP contribution >= 0.6 is 15.9 Å². The third-order valence-corrected chi connectivity index (χ3v) is 6.07. The molecule has 1 atom stereocenters. The molecule has 190 valence electrons. The summed E-state index contributed by atoms with van der Waals surface area (Å²) < 4.78 is 12.7. The van der Waals surface area contributed by atoms with Crippen LogP contribution in [0.3, 0.4) is 0 Å². The average Bonchev–Trinajstić information content (AvgIpc) is 3.33. The summed E-state index contributed by atoms with van der Waals surface area (Å²) in [6.45, 7) is 1.24. The number of rotatable bonds is 7. The number of furan rings is 1. The van der Waals surface area contributed by atoms with E-state index in [9.17, 15) is 24.8 Å². The summed E-state index contributed by atoms with van der Waals surface area (Å²) in [5.41, 5.74) is 0.0941. The van der Waals surface area contributed by atoms with Gasteiger partial charge in [-0.2, -0.15) is 9.78 Å². The van der Waals surface area contributed by atoms with Gasteiger partial charge in [0.1, 0.15) is 5.58 Å². The normalized spacial score (nSPS) is 12.3. The molecule has 3 aromatic carbocycles. The van der Waals surface area contributed by atoms with Crippen molar-refractivity contribution in [3.8, 4) is 17.3 Å². The molecule has 0 saturated carbocycles. The third kappa shape index (κ3) is 4.64. The Bertz CT molecular complexity index is 1790. The number of halogens is 1. The number of carbonyl (C=O) groups is 1. The van der Waals surface area contributed by atoms with Gasteiger partial charge in [0.2, 0.25) is 11.6 Å². The molecule has 0 radical (unpaired) electrons. The minimum Gasteiger partial charge on any atom is -0.479 e. The lowest BCUT2D eigenvalue weighted by molar-refractivity contribution is -0.386. The van der Waals surface area contributed by atoms with Gasteiger partial charge in [0, 0.05) is 21.5 Å². The van der Waals surface area contributed by atoms with Crippen molar-refractivity contribution in [2.45, 2.75) is 13.0 Å². The Balaban J connectivity index is 1.72. The van der Waals surface area contributed by atoms with Crippen LogP contribution in [0.1, 0.15) is 12.5 Å². The second-order valence-electron chi connectivity index (χ2n) is 8.16. The zero-order valence-electron chi connectivity index (χ0n) is 19.6. The molecular formula is C26H17BrN4O7. The van der Waals surface area contributed by atoms with Crippen LogP contribution in [-0.4, -0.2) is 38.0 Å². The molecule has 38 heavy (non-hydrogen) atoms. The molecule has 0 unspecified atom stereocenters. The van der Waals surface area contributed by atoms with Crippen molar-refractivity contribution >= 4 is 55.7 Å². The molecule has 0 aliphatic carbocycles. The van der Waals surface area contributed by atoms with E-state index in [1.807, 2.05) is 18.2 Å². The fraction of sp³-hybridized carbons (Fsp3) is 0.0769. The Morgan fingerprint density at radius 1 is 1.21 bits per heavy atom. The largest absolute Gasteiger partial charge is 0.479 e. The molecule has 0 fully saturated rings. The zero-order valence-corrected chi connectivity index (χ0v) is 21.2. The Morgan fingerprint density at radius 2 is 1.95 bits per heavy atom. The van der Waals surface area contributed by atoms with Crippen LogP contribution in [0.4, 0.5) is 5.69 Å². The van der Waals surface area contributed by atoms with Gasteiger partial charge in [-0.05, 0) is 37.3 Å². The molecule has 1 N–H and O–H groups in total. The number of aliphatic carboxylic acids is 1. The Labute approximate surface area is 221 Å². The second-order valence-corrected chi connectivity index (χ2v) is 9.08. The van der Waals surface area contributed by atoms with Crippen molar-refractivity contribution in [2.75, 3.05) is 0 Å². The van der Waals surface area contributed by atoms with Crippen LogP contribution in [0.15, 0.2) is 85.5 Å². The highest BCUT2D eigenvalue weighted by atomic mass is 79.9. The van der Waals surface area contributed by atoms with E-state index in [0.29, 0.717) is 21.0 Å². The number of nitrogens with zero attached hydrogens (tertiary/aromatic N) is 4. The maximum Gasteiger partial charge on any atom is 0.344 e. The molecule has 0 spiro atoms. The number of fused-ring (bicyclic) bond motifs is 2. The van der Waals surface area contributed by atoms with E-state index in [2.05, 4.69) is 26.0 Å². The molecule has 2 aromatic heterocycles. The van der Waals surface area contributed by atoms with Gasteiger partial charge in [-0.25, -0.2) is 9.78 Å². The first-order chi connectivity index (χ1) is 18.2. The predicted octanol–water partition coefficient (Wildman–Crippen LogP) is 5.21. The van der Waals surface area contributed by atoms with E-state index >= 15 is 0 Å². The smallest absolute Gasteiger partial charge is 0.344 e. The summed E-state index contributed by atoms with van der Waals surface area (Å²) in [4.78, 5) is 40.5. The Kier molecular flexibility index (Phi) is 6.47. The van der Waals surface area contributed by atoms with E-state index < -0.39 is 28.2 Å². The van der Waals surface area contributed by atoms with Crippen LogP contribution < -0.4 is 10.3 Å². The lowest BCUT2D eigenvalue weighted by atomic mass is 10.2. The lowest BCUT2D eigenvalue weighted by Gasteiger charge is -2.13. The number of hydrogen-bond acceptors (Lipinski definition) is 8. The third-order valence-electron chi connectivity index (χ3n) is 5.61. The molecule has 2 heterocycles. The van der Waals surface area contributed by atoms with Crippen LogP contribution in [0.25, 0.3) is 33.5 Å². The van der Waals surface area contributed by atoms with Crippen LogP contribution in [0, 0.1) is 10.1 Å². The lowest BCUT2D eigenvalue weighted by Crippen LogP contribution is -2.24. The number of carboxylic acid groups (broad SMARTS) is 1. The van der Waals surface area contributed by atoms with Gasteiger partial charge in [0.25, 0.3) is 5.56 Å². The molecule has 12 heteroatoms. The van der Waals surface area contributed by atoms with Gasteiger partial charge in [0.05, 0.1) is 22.0 Å². The van der Waals surface area contributed by atoms with Gasteiger partial charge in [0.15, 0.2) is 11.9 Å². The zero-order chi connectivity index (χ0) is 27.0. The maximum absolute atomic E-state index is 13.5. The van der Waals surface area contributed by atoms with E-state index in [0.717, 1.165) is 10.1 Å². The first-order valence-corrected chi connectivity index (χ1v) is 11.9. The number of ether oxygens (including phenoxy) is 1. The van der Waals surface area contributed by atoms with Gasteiger partial charge in [-0.1, -0.05) is 46.3 Å². The molecule has 0 amide bonds. The summed E-state index contributed by atoms with van der Waals surface area (Å²) in [5, 5.41) is 26.4. The SMILES string of the molecule is C[C@H](Oc1c(C=Nn2c(-c3cc4ccccc4o3)nc3ccccc3c2=O)cc(Br)cc1[N+](=O)[O-])C(=O)O. The molecule has 5 rings (SSSR count). The Morgan fingerprint density at radius 3 is 2.68 bits per heavy atom. The fourth-order valence-electron chi connectivity index (χ4n) is 3.79. The molecular weight excluding hydrogens is 560 g/mol. The van der Waals surface area contributed by atoms with Gasteiger partial charge in [-0.15, -0.1) is 0 Å². The highest BCUT2D eigenvalue weighted by Gasteiger charge is 2.25. The summed E-state index contributed by atoms with van der Waals surface area (Å²) in [7, 11) is 0. The van der Waals surface area contributed by atoms with Crippen molar-refractivity contribution < 1.29 is 24.0 Å². The van der Waals surface area contributed by atoms with E-state index in [1.54, 1.807) is 36.4 Å². The minimum atomic E-state index is -1.39. The highest BCUT2D eigenvalue weighted by Crippen LogP contribution is 2.35. The van der Waals surface area contributed by atoms with E-state index in [-0.39, 0.29) is 22.9 Å². The van der Waals surface area contributed by atoms with Crippen LogP contribution in [0.2, 0.25) is 0 Å². The van der Waals surface area contributed by atoms with Crippen molar-refractivity contribution in [1.82, 2.24) is 9.66 Å². The minimum absolute atomic E-state index is 0.0646.